The summed E-state index contributed by atoms with van der Waals surface area (Å²) in [6.45, 7) is 5.16. The van der Waals surface area contributed by atoms with Gasteiger partial charge in [-0.1, -0.05) is 24.1 Å². The van der Waals surface area contributed by atoms with Crippen molar-refractivity contribution in [3.05, 3.63) is 28.8 Å². The number of anilines is 1. The van der Waals surface area contributed by atoms with Gasteiger partial charge in [0.1, 0.15) is 0 Å². The second-order valence-corrected chi connectivity index (χ2v) is 7.41. The number of rotatable bonds is 6. The van der Waals surface area contributed by atoms with E-state index >= 15 is 0 Å². The quantitative estimate of drug-likeness (QED) is 0.684. The SMILES string of the molecule is Cc1c(Cl)cccc1NC(=O)CCNC1CCCC1C1COCCN1.Cl. The summed E-state index contributed by atoms with van der Waals surface area (Å²) in [6, 6.07) is 6.48. The zero-order valence-corrected chi connectivity index (χ0v) is 16.8. The Morgan fingerprint density at radius 1 is 1.38 bits per heavy atom. The number of carbonyl (C=O) groups is 1. The van der Waals surface area contributed by atoms with E-state index in [-0.39, 0.29) is 18.3 Å². The first-order valence-corrected chi connectivity index (χ1v) is 9.62. The molecule has 1 saturated carbocycles. The number of hydrogen-bond acceptors (Lipinski definition) is 4. The molecule has 1 amide bonds. The third kappa shape index (κ3) is 5.57. The van der Waals surface area contributed by atoms with Gasteiger partial charge in [-0.2, -0.15) is 0 Å². The van der Waals surface area contributed by atoms with Crippen molar-refractivity contribution >= 4 is 35.6 Å². The van der Waals surface area contributed by atoms with E-state index in [9.17, 15) is 4.79 Å². The fourth-order valence-corrected chi connectivity index (χ4v) is 4.09. The van der Waals surface area contributed by atoms with E-state index in [0.29, 0.717) is 36.0 Å². The largest absolute Gasteiger partial charge is 0.379 e. The smallest absolute Gasteiger partial charge is 0.225 e. The number of carbonyl (C=O) groups excluding carboxylic acids is 1. The molecular formula is C19H29Cl2N3O2. The number of nitrogens with one attached hydrogen (secondary N) is 3. The molecule has 146 valence electrons. The lowest BCUT2D eigenvalue weighted by molar-refractivity contribution is -0.116. The number of ether oxygens (including phenoxy) is 1. The van der Waals surface area contributed by atoms with Gasteiger partial charge in [0.15, 0.2) is 0 Å². The van der Waals surface area contributed by atoms with Crippen LogP contribution in [0.3, 0.4) is 0 Å². The Kier molecular flexibility index (Phi) is 8.64. The minimum Gasteiger partial charge on any atom is -0.379 e. The van der Waals surface area contributed by atoms with E-state index in [2.05, 4.69) is 16.0 Å². The molecule has 5 nitrogen and oxygen atoms in total. The Balaban J connectivity index is 0.00000243. The van der Waals surface area contributed by atoms with Gasteiger partial charge < -0.3 is 20.7 Å². The lowest BCUT2D eigenvalue weighted by Crippen LogP contribution is -2.51. The normalized spacial score (nSPS) is 25.5. The van der Waals surface area contributed by atoms with Crippen LogP contribution in [0.5, 0.6) is 0 Å². The number of morpholine rings is 1. The van der Waals surface area contributed by atoms with Crippen molar-refractivity contribution < 1.29 is 9.53 Å². The summed E-state index contributed by atoms with van der Waals surface area (Å²) < 4.78 is 5.61. The first-order chi connectivity index (χ1) is 12.1. The molecule has 3 rings (SSSR count). The van der Waals surface area contributed by atoms with Gasteiger partial charge in [-0.25, -0.2) is 0 Å². The average molecular weight is 402 g/mol. The van der Waals surface area contributed by atoms with Crippen molar-refractivity contribution in [2.75, 3.05) is 31.6 Å². The van der Waals surface area contributed by atoms with Crippen LogP contribution in [-0.4, -0.2) is 44.3 Å². The Hall–Kier alpha value is -0.850. The van der Waals surface area contributed by atoms with Crippen LogP contribution >= 0.6 is 24.0 Å². The summed E-state index contributed by atoms with van der Waals surface area (Å²) in [6.07, 6.45) is 4.11. The Morgan fingerprint density at radius 3 is 3.00 bits per heavy atom. The number of amides is 1. The lowest BCUT2D eigenvalue weighted by atomic mass is 9.94. The molecule has 1 aromatic carbocycles. The van der Waals surface area contributed by atoms with Crippen LogP contribution in [0.25, 0.3) is 0 Å². The maximum atomic E-state index is 12.2. The zero-order chi connectivity index (χ0) is 17.6. The zero-order valence-electron chi connectivity index (χ0n) is 15.2. The van der Waals surface area contributed by atoms with E-state index in [1.165, 1.54) is 19.3 Å². The van der Waals surface area contributed by atoms with Gasteiger partial charge in [-0.15, -0.1) is 12.4 Å². The van der Waals surface area contributed by atoms with Crippen molar-refractivity contribution in [3.63, 3.8) is 0 Å². The molecule has 0 aromatic heterocycles. The van der Waals surface area contributed by atoms with Crippen LogP contribution in [-0.2, 0) is 9.53 Å². The maximum absolute atomic E-state index is 12.2. The topological polar surface area (TPSA) is 62.4 Å². The molecule has 1 aromatic rings. The van der Waals surface area contributed by atoms with Crippen molar-refractivity contribution in [1.29, 1.82) is 0 Å². The van der Waals surface area contributed by atoms with E-state index in [1.807, 2.05) is 25.1 Å². The van der Waals surface area contributed by atoms with Crippen LogP contribution in [0.15, 0.2) is 18.2 Å². The van der Waals surface area contributed by atoms with Crippen molar-refractivity contribution in [1.82, 2.24) is 10.6 Å². The first-order valence-electron chi connectivity index (χ1n) is 9.24. The molecule has 7 heteroatoms. The molecule has 0 bridgehead atoms. The van der Waals surface area contributed by atoms with Crippen LogP contribution in [0.4, 0.5) is 5.69 Å². The summed E-state index contributed by atoms with van der Waals surface area (Å²) in [5.74, 6) is 0.616. The molecule has 3 N–H and O–H groups in total. The van der Waals surface area contributed by atoms with Gasteiger partial charge in [0.2, 0.25) is 5.91 Å². The van der Waals surface area contributed by atoms with Gasteiger partial charge in [0.05, 0.1) is 13.2 Å². The molecule has 2 fully saturated rings. The monoisotopic (exact) mass is 401 g/mol. The van der Waals surface area contributed by atoms with Gasteiger partial charge in [-0.3, -0.25) is 4.79 Å². The molecule has 2 aliphatic rings. The highest BCUT2D eigenvalue weighted by atomic mass is 35.5. The van der Waals surface area contributed by atoms with Gasteiger partial charge in [0.25, 0.3) is 0 Å². The molecular weight excluding hydrogens is 373 g/mol. The number of halogens is 2. The van der Waals surface area contributed by atoms with Crippen molar-refractivity contribution in [2.45, 2.75) is 44.7 Å². The number of benzene rings is 1. The second-order valence-electron chi connectivity index (χ2n) is 7.00. The standard InChI is InChI=1S/C19H28ClN3O2.ClH/c1-13-15(20)5-3-6-16(13)23-19(24)8-9-21-17-7-2-4-14(17)18-12-25-11-10-22-18;/h3,5-6,14,17-18,21-22H,2,4,7-12H2,1H3,(H,23,24);1H. The van der Waals surface area contributed by atoms with Crippen LogP contribution in [0.2, 0.25) is 5.02 Å². The predicted octanol–water partition coefficient (Wildman–Crippen LogP) is 3.15. The molecule has 1 aliphatic heterocycles. The third-order valence-corrected chi connectivity index (χ3v) is 5.75. The highest BCUT2D eigenvalue weighted by molar-refractivity contribution is 6.31. The maximum Gasteiger partial charge on any atom is 0.225 e. The summed E-state index contributed by atoms with van der Waals surface area (Å²) in [7, 11) is 0. The molecule has 3 atom stereocenters. The van der Waals surface area contributed by atoms with Crippen LogP contribution in [0.1, 0.15) is 31.2 Å². The van der Waals surface area contributed by atoms with E-state index in [0.717, 1.165) is 31.0 Å². The molecule has 0 spiro atoms. The minimum absolute atomic E-state index is 0. The second kappa shape index (κ2) is 10.5. The predicted molar refractivity (Wildman–Crippen MR) is 108 cm³/mol. The fourth-order valence-electron chi connectivity index (χ4n) is 3.91. The minimum atomic E-state index is 0. The lowest BCUT2D eigenvalue weighted by Gasteiger charge is -2.33. The average Bonchev–Trinajstić information content (AvgIpc) is 3.08. The first kappa shape index (κ1) is 21.5. The molecule has 26 heavy (non-hydrogen) atoms. The van der Waals surface area contributed by atoms with Gasteiger partial charge >= 0.3 is 0 Å². The third-order valence-electron chi connectivity index (χ3n) is 5.34. The summed E-state index contributed by atoms with van der Waals surface area (Å²) in [5, 5.41) is 10.8. The molecule has 1 saturated heterocycles. The summed E-state index contributed by atoms with van der Waals surface area (Å²) in [5.41, 5.74) is 1.70. The molecule has 0 radical (unpaired) electrons. The summed E-state index contributed by atoms with van der Waals surface area (Å²) in [4.78, 5) is 12.2. The van der Waals surface area contributed by atoms with Crippen LogP contribution < -0.4 is 16.0 Å². The van der Waals surface area contributed by atoms with E-state index in [4.69, 9.17) is 16.3 Å². The molecule has 3 unspecified atom stereocenters. The Labute approximate surface area is 167 Å². The van der Waals surface area contributed by atoms with E-state index in [1.54, 1.807) is 0 Å². The molecule has 1 aliphatic carbocycles. The van der Waals surface area contributed by atoms with E-state index < -0.39 is 0 Å². The Bertz CT molecular complexity index is 594. The van der Waals surface area contributed by atoms with Crippen molar-refractivity contribution in [2.24, 2.45) is 5.92 Å². The summed E-state index contributed by atoms with van der Waals surface area (Å²) >= 11 is 6.10. The van der Waals surface area contributed by atoms with Crippen molar-refractivity contribution in [3.8, 4) is 0 Å². The highest BCUT2D eigenvalue weighted by Crippen LogP contribution is 2.29. The van der Waals surface area contributed by atoms with Gasteiger partial charge in [0, 0.05) is 42.3 Å². The fraction of sp³-hybridized carbons (Fsp3) is 0.632. The highest BCUT2D eigenvalue weighted by Gasteiger charge is 2.34. The number of hydrogen-bond donors (Lipinski definition) is 3. The Morgan fingerprint density at radius 2 is 2.23 bits per heavy atom. The molecule has 1 heterocycles. The van der Waals surface area contributed by atoms with Gasteiger partial charge in [-0.05, 0) is 43.4 Å². The van der Waals surface area contributed by atoms with Crippen LogP contribution in [0, 0.1) is 12.8 Å².